The summed E-state index contributed by atoms with van der Waals surface area (Å²) in [7, 11) is -3.13. The van der Waals surface area contributed by atoms with Crippen molar-refractivity contribution >= 4 is 27.3 Å². The molecule has 0 saturated carbocycles. The molecule has 6 nitrogen and oxygen atoms in total. The molecule has 18 heavy (non-hydrogen) atoms. The molecule has 100 valence electrons. The van der Waals surface area contributed by atoms with Crippen LogP contribution in [0.4, 0.5) is 0 Å². The maximum atomic E-state index is 11.6. The molecule has 1 saturated heterocycles. The molecular formula is C10H14N2O4S2. The number of sulfonamides is 1. The van der Waals surface area contributed by atoms with Gasteiger partial charge in [0.2, 0.25) is 10.0 Å². The maximum absolute atomic E-state index is 11.6. The molecule has 1 aromatic heterocycles. The van der Waals surface area contributed by atoms with Gasteiger partial charge in [-0.15, -0.1) is 11.3 Å². The lowest BCUT2D eigenvalue weighted by Crippen LogP contribution is -2.47. The summed E-state index contributed by atoms with van der Waals surface area (Å²) >= 11 is 1.37. The van der Waals surface area contributed by atoms with Crippen molar-refractivity contribution in [1.29, 1.82) is 0 Å². The molecular weight excluding hydrogens is 276 g/mol. The second kappa shape index (κ2) is 4.94. The SMILES string of the molecule is CCOC(=O)c1ncsc1C1CN(S(C)(=O)=O)C1. The van der Waals surface area contributed by atoms with E-state index in [9.17, 15) is 13.2 Å². The summed E-state index contributed by atoms with van der Waals surface area (Å²) in [6, 6.07) is 0. The molecule has 1 aromatic rings. The van der Waals surface area contributed by atoms with E-state index >= 15 is 0 Å². The highest BCUT2D eigenvalue weighted by atomic mass is 32.2. The molecule has 1 fully saturated rings. The molecule has 0 aliphatic carbocycles. The third-order valence-electron chi connectivity index (χ3n) is 2.75. The number of thiazole rings is 1. The van der Waals surface area contributed by atoms with Crippen LogP contribution in [0.15, 0.2) is 5.51 Å². The molecule has 0 spiro atoms. The highest BCUT2D eigenvalue weighted by Crippen LogP contribution is 2.33. The summed E-state index contributed by atoms with van der Waals surface area (Å²) in [6.07, 6.45) is 1.18. The zero-order valence-electron chi connectivity index (χ0n) is 10.1. The van der Waals surface area contributed by atoms with E-state index in [0.29, 0.717) is 25.4 Å². The molecule has 0 bridgehead atoms. The van der Waals surface area contributed by atoms with E-state index < -0.39 is 16.0 Å². The average Bonchev–Trinajstić information content (AvgIpc) is 2.62. The third-order valence-corrected chi connectivity index (χ3v) is 4.98. The topological polar surface area (TPSA) is 76.6 Å². The number of hydrogen-bond acceptors (Lipinski definition) is 6. The lowest BCUT2D eigenvalue weighted by atomic mass is 10.00. The predicted molar refractivity (Wildman–Crippen MR) is 67.2 cm³/mol. The Balaban J connectivity index is 2.09. The standard InChI is InChI=1S/C10H14N2O4S2/c1-3-16-10(13)8-9(17-6-11-8)7-4-12(5-7)18(2,14)15/h6-7H,3-5H2,1-2H3. The van der Waals surface area contributed by atoms with Crippen LogP contribution in [0.5, 0.6) is 0 Å². The van der Waals surface area contributed by atoms with Gasteiger partial charge in [-0.05, 0) is 6.92 Å². The fourth-order valence-corrected chi connectivity index (χ4v) is 3.53. The highest BCUT2D eigenvalue weighted by Gasteiger charge is 2.37. The Labute approximate surface area is 110 Å². The quantitative estimate of drug-likeness (QED) is 0.762. The van der Waals surface area contributed by atoms with Crippen molar-refractivity contribution in [2.24, 2.45) is 0 Å². The van der Waals surface area contributed by atoms with Crippen LogP contribution in [0, 0.1) is 0 Å². The van der Waals surface area contributed by atoms with E-state index in [1.54, 1.807) is 12.4 Å². The zero-order chi connectivity index (χ0) is 13.3. The molecule has 2 heterocycles. The van der Waals surface area contributed by atoms with Crippen LogP contribution in [-0.2, 0) is 14.8 Å². The Morgan fingerprint density at radius 1 is 1.61 bits per heavy atom. The van der Waals surface area contributed by atoms with E-state index in [4.69, 9.17) is 4.74 Å². The normalized spacial score (nSPS) is 17.4. The van der Waals surface area contributed by atoms with Gasteiger partial charge in [-0.25, -0.2) is 22.5 Å². The summed E-state index contributed by atoms with van der Waals surface area (Å²) in [5.41, 5.74) is 1.91. The molecule has 1 aliphatic heterocycles. The first-order valence-corrected chi connectivity index (χ1v) is 8.22. The largest absolute Gasteiger partial charge is 0.461 e. The first kappa shape index (κ1) is 13.4. The van der Waals surface area contributed by atoms with E-state index in [-0.39, 0.29) is 5.92 Å². The van der Waals surface area contributed by atoms with Crippen LogP contribution in [0.1, 0.15) is 28.2 Å². The van der Waals surface area contributed by atoms with E-state index in [2.05, 4.69) is 4.98 Å². The van der Waals surface area contributed by atoms with E-state index in [0.717, 1.165) is 4.88 Å². The van der Waals surface area contributed by atoms with Gasteiger partial charge in [0.1, 0.15) is 0 Å². The van der Waals surface area contributed by atoms with Crippen LogP contribution < -0.4 is 0 Å². The molecule has 1 aliphatic rings. The third kappa shape index (κ3) is 2.55. The summed E-state index contributed by atoms with van der Waals surface area (Å²) < 4.78 is 28.8. The minimum atomic E-state index is -3.13. The van der Waals surface area contributed by atoms with Crippen LogP contribution >= 0.6 is 11.3 Å². The van der Waals surface area contributed by atoms with Crippen molar-refractivity contribution in [2.45, 2.75) is 12.8 Å². The Morgan fingerprint density at radius 2 is 2.28 bits per heavy atom. The van der Waals surface area contributed by atoms with Gasteiger partial charge in [-0.3, -0.25) is 0 Å². The minimum absolute atomic E-state index is 0.0478. The number of nitrogens with zero attached hydrogens (tertiary/aromatic N) is 2. The second-order valence-electron chi connectivity index (χ2n) is 4.06. The first-order chi connectivity index (χ1) is 8.43. The van der Waals surface area contributed by atoms with Gasteiger partial charge in [0, 0.05) is 23.9 Å². The van der Waals surface area contributed by atoms with Crippen molar-refractivity contribution in [3.05, 3.63) is 16.1 Å². The number of ether oxygens (including phenoxy) is 1. The van der Waals surface area contributed by atoms with Gasteiger partial charge < -0.3 is 4.74 Å². The van der Waals surface area contributed by atoms with Crippen molar-refractivity contribution in [1.82, 2.24) is 9.29 Å². The minimum Gasteiger partial charge on any atom is -0.461 e. The van der Waals surface area contributed by atoms with Crippen LogP contribution in [0.25, 0.3) is 0 Å². The van der Waals surface area contributed by atoms with Gasteiger partial charge in [-0.1, -0.05) is 0 Å². The maximum Gasteiger partial charge on any atom is 0.358 e. The second-order valence-corrected chi connectivity index (χ2v) is 6.93. The first-order valence-electron chi connectivity index (χ1n) is 5.49. The Hall–Kier alpha value is -0.990. The monoisotopic (exact) mass is 290 g/mol. The molecule has 0 amide bonds. The lowest BCUT2D eigenvalue weighted by molar-refractivity contribution is 0.0517. The molecule has 0 N–H and O–H groups in total. The lowest BCUT2D eigenvalue weighted by Gasteiger charge is -2.36. The molecule has 0 aromatic carbocycles. The van der Waals surface area contributed by atoms with Crippen LogP contribution in [0.2, 0.25) is 0 Å². The summed E-state index contributed by atoms with van der Waals surface area (Å²) in [6.45, 7) is 2.86. The van der Waals surface area contributed by atoms with Gasteiger partial charge >= 0.3 is 5.97 Å². The van der Waals surface area contributed by atoms with Crippen LogP contribution in [-0.4, -0.2) is 49.6 Å². The Morgan fingerprint density at radius 3 is 2.83 bits per heavy atom. The van der Waals surface area contributed by atoms with Crippen molar-refractivity contribution in [2.75, 3.05) is 26.0 Å². The number of carbonyl (C=O) groups excluding carboxylic acids is 1. The predicted octanol–water partition coefficient (Wildman–Crippen LogP) is 0.679. The zero-order valence-corrected chi connectivity index (χ0v) is 11.8. The molecule has 0 radical (unpaired) electrons. The van der Waals surface area contributed by atoms with Crippen molar-refractivity contribution < 1.29 is 17.9 Å². The molecule has 2 rings (SSSR count). The van der Waals surface area contributed by atoms with Gasteiger partial charge in [0.25, 0.3) is 0 Å². The fourth-order valence-electron chi connectivity index (χ4n) is 1.77. The van der Waals surface area contributed by atoms with Crippen molar-refractivity contribution in [3.63, 3.8) is 0 Å². The fraction of sp³-hybridized carbons (Fsp3) is 0.600. The van der Waals surface area contributed by atoms with Gasteiger partial charge in [0.05, 0.1) is 18.4 Å². The number of aromatic nitrogens is 1. The number of carbonyl (C=O) groups is 1. The van der Waals surface area contributed by atoms with E-state index in [1.165, 1.54) is 21.9 Å². The molecule has 8 heteroatoms. The Kier molecular flexibility index (Phi) is 3.69. The van der Waals surface area contributed by atoms with Gasteiger partial charge in [0.15, 0.2) is 5.69 Å². The summed E-state index contributed by atoms with van der Waals surface area (Å²) in [4.78, 5) is 16.5. The average molecular weight is 290 g/mol. The number of rotatable bonds is 4. The molecule has 0 unspecified atom stereocenters. The summed E-state index contributed by atoms with van der Waals surface area (Å²) in [5.74, 6) is -0.391. The van der Waals surface area contributed by atoms with Crippen molar-refractivity contribution in [3.8, 4) is 0 Å². The van der Waals surface area contributed by atoms with Gasteiger partial charge in [-0.2, -0.15) is 0 Å². The smallest absolute Gasteiger partial charge is 0.358 e. The van der Waals surface area contributed by atoms with E-state index in [1.807, 2.05) is 0 Å². The highest BCUT2D eigenvalue weighted by molar-refractivity contribution is 7.88. The number of hydrogen-bond donors (Lipinski definition) is 0. The number of esters is 1. The van der Waals surface area contributed by atoms with Crippen LogP contribution in [0.3, 0.4) is 0 Å². The Bertz CT molecular complexity index is 546. The molecule has 0 atom stereocenters. The summed E-state index contributed by atoms with van der Waals surface area (Å²) in [5, 5.41) is 0.